The van der Waals surface area contributed by atoms with Crippen molar-refractivity contribution in [2.24, 2.45) is 5.92 Å². The Morgan fingerprint density at radius 2 is 2.15 bits per heavy atom. The van der Waals surface area contributed by atoms with Crippen LogP contribution in [-0.4, -0.2) is 27.6 Å². The molecular formula is C20H22N4OS. The van der Waals surface area contributed by atoms with Gasteiger partial charge >= 0.3 is 0 Å². The molecule has 0 aliphatic heterocycles. The van der Waals surface area contributed by atoms with E-state index in [1.807, 2.05) is 41.7 Å². The lowest BCUT2D eigenvalue weighted by Gasteiger charge is -2.11. The molecule has 1 amide bonds. The number of amides is 1. The second-order valence-corrected chi connectivity index (χ2v) is 7.59. The van der Waals surface area contributed by atoms with Gasteiger partial charge in [-0.05, 0) is 36.1 Å². The first-order valence-corrected chi connectivity index (χ1v) is 9.76. The molecule has 0 saturated heterocycles. The van der Waals surface area contributed by atoms with Crippen molar-refractivity contribution in [1.29, 1.82) is 5.26 Å². The van der Waals surface area contributed by atoms with Gasteiger partial charge < -0.3 is 5.32 Å². The highest BCUT2D eigenvalue weighted by molar-refractivity contribution is 7.99. The Hall–Kier alpha value is -2.52. The van der Waals surface area contributed by atoms with E-state index in [2.05, 4.69) is 30.2 Å². The van der Waals surface area contributed by atoms with Gasteiger partial charge in [0.15, 0.2) is 5.65 Å². The van der Waals surface area contributed by atoms with Crippen molar-refractivity contribution in [3.63, 3.8) is 0 Å². The summed E-state index contributed by atoms with van der Waals surface area (Å²) in [6.07, 6.45) is 0.746. The van der Waals surface area contributed by atoms with E-state index in [4.69, 9.17) is 0 Å². The number of hydrogen-bond donors (Lipinski definition) is 1. The zero-order valence-electron chi connectivity index (χ0n) is 15.2. The first kappa shape index (κ1) is 18.3. The van der Waals surface area contributed by atoms with Crippen LogP contribution in [0.2, 0.25) is 0 Å². The molecule has 2 heterocycles. The van der Waals surface area contributed by atoms with Crippen LogP contribution < -0.4 is 5.32 Å². The van der Waals surface area contributed by atoms with Gasteiger partial charge in [-0.2, -0.15) is 5.26 Å². The standard InChI is InChI=1S/C20H22N4OS/c1-4-14-9-19(26-12-18(25)22-11-13(2)3)24-17-8-6-5-7-16(17)23-20(24)15(14)10-21/h5-9,13H,4,11-12H2,1-3H3,(H,22,25). The molecule has 1 aromatic carbocycles. The molecule has 0 unspecified atom stereocenters. The number of nitriles is 1. The summed E-state index contributed by atoms with van der Waals surface area (Å²) in [7, 11) is 0. The number of nitrogens with zero attached hydrogens (tertiary/aromatic N) is 3. The summed E-state index contributed by atoms with van der Waals surface area (Å²) in [5.74, 6) is 0.780. The van der Waals surface area contributed by atoms with Crippen molar-refractivity contribution < 1.29 is 4.79 Å². The molecule has 0 aliphatic carbocycles. The Morgan fingerprint density at radius 3 is 2.85 bits per heavy atom. The van der Waals surface area contributed by atoms with E-state index in [0.29, 0.717) is 29.4 Å². The third-order valence-corrected chi connectivity index (χ3v) is 5.18. The van der Waals surface area contributed by atoms with Gasteiger partial charge in [-0.25, -0.2) is 4.98 Å². The third kappa shape index (κ3) is 3.54. The number of carbonyl (C=O) groups is 1. The number of rotatable bonds is 6. The number of thioether (sulfide) groups is 1. The molecule has 134 valence electrons. The van der Waals surface area contributed by atoms with E-state index in [-0.39, 0.29) is 5.91 Å². The maximum absolute atomic E-state index is 12.1. The zero-order chi connectivity index (χ0) is 18.7. The Bertz CT molecular complexity index is 1000. The topological polar surface area (TPSA) is 70.2 Å². The van der Waals surface area contributed by atoms with Gasteiger partial charge in [0.05, 0.1) is 27.4 Å². The molecule has 0 fully saturated rings. The van der Waals surface area contributed by atoms with Crippen molar-refractivity contribution in [2.45, 2.75) is 32.2 Å². The number of imidazole rings is 1. The van der Waals surface area contributed by atoms with Gasteiger partial charge in [0, 0.05) is 6.54 Å². The fourth-order valence-corrected chi connectivity index (χ4v) is 3.78. The molecular weight excluding hydrogens is 344 g/mol. The molecule has 0 atom stereocenters. The molecule has 3 aromatic rings. The Morgan fingerprint density at radius 1 is 1.38 bits per heavy atom. The molecule has 0 aliphatic rings. The van der Waals surface area contributed by atoms with Gasteiger partial charge in [-0.1, -0.05) is 44.7 Å². The quantitative estimate of drug-likeness (QED) is 0.674. The van der Waals surface area contributed by atoms with Crippen LogP contribution in [0.1, 0.15) is 31.9 Å². The lowest BCUT2D eigenvalue weighted by atomic mass is 10.1. The van der Waals surface area contributed by atoms with Crippen LogP contribution in [0.25, 0.3) is 16.7 Å². The lowest BCUT2D eigenvalue weighted by Crippen LogP contribution is -2.28. The monoisotopic (exact) mass is 366 g/mol. The van der Waals surface area contributed by atoms with Crippen molar-refractivity contribution in [2.75, 3.05) is 12.3 Å². The number of nitrogens with one attached hydrogen (secondary N) is 1. The number of benzene rings is 1. The number of carbonyl (C=O) groups excluding carboxylic acids is 1. The van der Waals surface area contributed by atoms with Crippen LogP contribution >= 0.6 is 11.8 Å². The fraction of sp³-hybridized carbons (Fsp3) is 0.350. The van der Waals surface area contributed by atoms with Gasteiger partial charge in [0.1, 0.15) is 6.07 Å². The largest absolute Gasteiger partial charge is 0.355 e. The molecule has 2 aromatic heterocycles. The molecule has 3 rings (SSSR count). The minimum atomic E-state index is 0.0173. The molecule has 26 heavy (non-hydrogen) atoms. The average molecular weight is 366 g/mol. The predicted molar refractivity (Wildman–Crippen MR) is 105 cm³/mol. The number of hydrogen-bond acceptors (Lipinski definition) is 4. The first-order valence-electron chi connectivity index (χ1n) is 8.77. The van der Waals surface area contributed by atoms with Gasteiger partial charge in [0.2, 0.25) is 5.91 Å². The summed E-state index contributed by atoms with van der Waals surface area (Å²) in [5, 5.41) is 13.5. The minimum Gasteiger partial charge on any atom is -0.355 e. The maximum Gasteiger partial charge on any atom is 0.230 e. The highest BCUT2D eigenvalue weighted by atomic mass is 32.2. The van der Waals surface area contributed by atoms with Crippen molar-refractivity contribution in [1.82, 2.24) is 14.7 Å². The molecule has 0 bridgehead atoms. The van der Waals surface area contributed by atoms with E-state index in [1.165, 1.54) is 11.8 Å². The third-order valence-electron chi connectivity index (χ3n) is 4.17. The van der Waals surface area contributed by atoms with Crippen LogP contribution in [0.5, 0.6) is 0 Å². The normalized spacial score (nSPS) is 11.2. The molecule has 0 spiro atoms. The highest BCUT2D eigenvalue weighted by Gasteiger charge is 2.17. The number of aryl methyl sites for hydroxylation is 1. The Labute approximate surface area is 157 Å². The van der Waals surface area contributed by atoms with Crippen LogP contribution in [0.15, 0.2) is 35.4 Å². The number of fused-ring (bicyclic) bond motifs is 3. The van der Waals surface area contributed by atoms with Gasteiger partial charge in [-0.15, -0.1) is 0 Å². The summed E-state index contributed by atoms with van der Waals surface area (Å²) in [6.45, 7) is 6.85. The SMILES string of the molecule is CCc1cc(SCC(=O)NCC(C)C)n2c(nc3ccccc32)c1C#N. The Kier molecular flexibility index (Phi) is 5.48. The molecule has 0 radical (unpaired) electrons. The number of para-hydroxylation sites is 2. The average Bonchev–Trinajstić information content (AvgIpc) is 3.03. The molecule has 1 N–H and O–H groups in total. The van der Waals surface area contributed by atoms with E-state index < -0.39 is 0 Å². The van der Waals surface area contributed by atoms with Crippen molar-refractivity contribution in [3.8, 4) is 6.07 Å². The Balaban J connectivity index is 2.04. The van der Waals surface area contributed by atoms with Crippen molar-refractivity contribution >= 4 is 34.3 Å². The van der Waals surface area contributed by atoms with E-state index in [9.17, 15) is 10.1 Å². The van der Waals surface area contributed by atoms with E-state index >= 15 is 0 Å². The summed E-state index contributed by atoms with van der Waals surface area (Å²) in [6, 6.07) is 12.1. The summed E-state index contributed by atoms with van der Waals surface area (Å²) >= 11 is 1.48. The summed E-state index contributed by atoms with van der Waals surface area (Å²) in [5.41, 5.74) is 4.03. The second kappa shape index (κ2) is 7.79. The number of aromatic nitrogens is 2. The maximum atomic E-state index is 12.1. The van der Waals surface area contributed by atoms with Crippen molar-refractivity contribution in [3.05, 3.63) is 41.5 Å². The fourth-order valence-electron chi connectivity index (χ4n) is 2.86. The molecule has 5 nitrogen and oxygen atoms in total. The van der Waals surface area contributed by atoms with Gasteiger partial charge in [-0.3, -0.25) is 9.20 Å². The van der Waals surface area contributed by atoms with Crippen LogP contribution in [0, 0.1) is 17.2 Å². The minimum absolute atomic E-state index is 0.0173. The highest BCUT2D eigenvalue weighted by Crippen LogP contribution is 2.29. The van der Waals surface area contributed by atoms with Crippen LogP contribution in [-0.2, 0) is 11.2 Å². The smallest absolute Gasteiger partial charge is 0.230 e. The second-order valence-electron chi connectivity index (χ2n) is 6.59. The first-order chi connectivity index (χ1) is 12.5. The molecule has 6 heteroatoms. The summed E-state index contributed by atoms with van der Waals surface area (Å²) < 4.78 is 1.99. The zero-order valence-corrected chi connectivity index (χ0v) is 16.1. The summed E-state index contributed by atoms with van der Waals surface area (Å²) in [4.78, 5) is 16.8. The van der Waals surface area contributed by atoms with E-state index in [1.54, 1.807) is 0 Å². The lowest BCUT2D eigenvalue weighted by molar-refractivity contribution is -0.118. The number of pyridine rings is 1. The molecule has 0 saturated carbocycles. The van der Waals surface area contributed by atoms with Crippen LogP contribution in [0.4, 0.5) is 0 Å². The van der Waals surface area contributed by atoms with Crippen LogP contribution in [0.3, 0.4) is 0 Å². The van der Waals surface area contributed by atoms with Gasteiger partial charge in [0.25, 0.3) is 0 Å². The predicted octanol–water partition coefficient (Wildman–Crippen LogP) is 3.79. The van der Waals surface area contributed by atoms with E-state index in [0.717, 1.165) is 28.0 Å².